The molecule has 0 aromatic rings. The average molecular weight is 171 g/mol. The zero-order valence-electron chi connectivity index (χ0n) is 7.62. The third kappa shape index (κ3) is 2.21. The van der Waals surface area contributed by atoms with E-state index in [-0.39, 0.29) is 18.6 Å². The van der Waals surface area contributed by atoms with Gasteiger partial charge in [-0.1, -0.05) is 12.8 Å². The predicted molar refractivity (Wildman–Crippen MR) is 46.7 cm³/mol. The number of amides is 1. The van der Waals surface area contributed by atoms with E-state index >= 15 is 0 Å². The van der Waals surface area contributed by atoms with Crippen LogP contribution in [0.3, 0.4) is 0 Å². The molecule has 0 aliphatic carbocycles. The summed E-state index contributed by atoms with van der Waals surface area (Å²) in [7, 11) is 0. The van der Waals surface area contributed by atoms with Crippen LogP contribution in [0.25, 0.3) is 0 Å². The lowest BCUT2D eigenvalue weighted by Gasteiger charge is -2.27. The Morgan fingerprint density at radius 1 is 1.50 bits per heavy atom. The first kappa shape index (κ1) is 9.52. The molecule has 0 spiro atoms. The van der Waals surface area contributed by atoms with Crippen LogP contribution in [0, 0.1) is 0 Å². The molecule has 1 rings (SSSR count). The van der Waals surface area contributed by atoms with Crippen molar-refractivity contribution >= 4 is 5.91 Å². The lowest BCUT2D eigenvalue weighted by atomic mass is 10.1. The highest BCUT2D eigenvalue weighted by Crippen LogP contribution is 2.16. The number of carbonyl (C=O) groups excluding carboxylic acids is 1. The highest BCUT2D eigenvalue weighted by molar-refractivity contribution is 5.73. The van der Waals surface area contributed by atoms with Crippen molar-refractivity contribution in [3.8, 4) is 0 Å². The normalized spacial score (nSPS) is 25.2. The van der Waals surface area contributed by atoms with Gasteiger partial charge in [-0.25, -0.2) is 0 Å². The molecule has 1 amide bonds. The molecule has 70 valence electrons. The van der Waals surface area contributed by atoms with Crippen molar-refractivity contribution in [2.24, 2.45) is 0 Å². The third-order valence-corrected chi connectivity index (χ3v) is 2.49. The van der Waals surface area contributed by atoms with Gasteiger partial charge in [-0.05, 0) is 12.8 Å². The van der Waals surface area contributed by atoms with E-state index in [2.05, 4.69) is 0 Å². The molecule has 3 nitrogen and oxygen atoms in total. The molecule has 12 heavy (non-hydrogen) atoms. The second-order valence-corrected chi connectivity index (χ2v) is 3.40. The molecular formula is C9H17NO2. The van der Waals surface area contributed by atoms with Gasteiger partial charge < -0.3 is 10.0 Å². The standard InChI is InChI=1S/C9H17NO2/c1-8(12)10-6-4-2-3-5-9(10)7-11/h9,11H,2-7H2,1H3. The van der Waals surface area contributed by atoms with E-state index < -0.39 is 0 Å². The summed E-state index contributed by atoms with van der Waals surface area (Å²) < 4.78 is 0. The second kappa shape index (κ2) is 4.45. The summed E-state index contributed by atoms with van der Waals surface area (Å²) in [5.74, 6) is 0.0935. The van der Waals surface area contributed by atoms with Crippen LogP contribution in [0.4, 0.5) is 0 Å². The molecule has 0 aromatic heterocycles. The first-order valence-corrected chi connectivity index (χ1v) is 4.63. The lowest BCUT2D eigenvalue weighted by molar-refractivity contribution is -0.131. The van der Waals surface area contributed by atoms with Crippen LogP contribution >= 0.6 is 0 Å². The molecule has 1 aliphatic rings. The minimum Gasteiger partial charge on any atom is -0.394 e. The molecule has 0 radical (unpaired) electrons. The molecule has 1 atom stereocenters. The van der Waals surface area contributed by atoms with Gasteiger partial charge >= 0.3 is 0 Å². The minimum absolute atomic E-state index is 0.0741. The summed E-state index contributed by atoms with van der Waals surface area (Å²) in [4.78, 5) is 12.9. The molecule has 3 heteroatoms. The number of aliphatic hydroxyl groups is 1. The average Bonchev–Trinajstić information content (AvgIpc) is 2.27. The van der Waals surface area contributed by atoms with Gasteiger partial charge in [0.15, 0.2) is 0 Å². The zero-order chi connectivity index (χ0) is 8.97. The van der Waals surface area contributed by atoms with E-state index in [1.165, 1.54) is 6.42 Å². The van der Waals surface area contributed by atoms with Crippen molar-refractivity contribution in [3.05, 3.63) is 0 Å². The van der Waals surface area contributed by atoms with Gasteiger partial charge in [0, 0.05) is 13.5 Å². The van der Waals surface area contributed by atoms with Crippen LogP contribution in [0.5, 0.6) is 0 Å². The largest absolute Gasteiger partial charge is 0.394 e. The lowest BCUT2D eigenvalue weighted by Crippen LogP contribution is -2.40. The topological polar surface area (TPSA) is 40.5 Å². The summed E-state index contributed by atoms with van der Waals surface area (Å²) in [6.07, 6.45) is 4.35. The number of rotatable bonds is 1. The van der Waals surface area contributed by atoms with Crippen molar-refractivity contribution < 1.29 is 9.90 Å². The quantitative estimate of drug-likeness (QED) is 0.633. The number of hydrogen-bond donors (Lipinski definition) is 1. The molecule has 1 fully saturated rings. The third-order valence-electron chi connectivity index (χ3n) is 2.49. The van der Waals surface area contributed by atoms with E-state index in [1.807, 2.05) is 0 Å². The Morgan fingerprint density at radius 2 is 2.25 bits per heavy atom. The van der Waals surface area contributed by atoms with E-state index in [1.54, 1.807) is 11.8 Å². The Balaban J connectivity index is 2.57. The molecule has 1 saturated heterocycles. The highest BCUT2D eigenvalue weighted by Gasteiger charge is 2.21. The Morgan fingerprint density at radius 3 is 2.83 bits per heavy atom. The molecule has 1 aliphatic heterocycles. The minimum atomic E-state index is 0.0741. The molecule has 0 saturated carbocycles. The van der Waals surface area contributed by atoms with Gasteiger partial charge in [-0.15, -0.1) is 0 Å². The number of hydrogen-bond acceptors (Lipinski definition) is 2. The fourth-order valence-corrected chi connectivity index (χ4v) is 1.78. The van der Waals surface area contributed by atoms with E-state index in [0.717, 1.165) is 25.8 Å². The van der Waals surface area contributed by atoms with Crippen molar-refractivity contribution in [2.75, 3.05) is 13.2 Å². The maximum atomic E-state index is 11.1. The smallest absolute Gasteiger partial charge is 0.219 e. The second-order valence-electron chi connectivity index (χ2n) is 3.40. The molecule has 0 bridgehead atoms. The molecule has 0 aromatic carbocycles. The Hall–Kier alpha value is -0.570. The number of carbonyl (C=O) groups is 1. The van der Waals surface area contributed by atoms with Crippen LogP contribution in [0.15, 0.2) is 0 Å². The van der Waals surface area contributed by atoms with Crippen molar-refractivity contribution in [1.29, 1.82) is 0 Å². The molecule has 1 N–H and O–H groups in total. The van der Waals surface area contributed by atoms with Gasteiger partial charge in [0.25, 0.3) is 0 Å². The van der Waals surface area contributed by atoms with E-state index in [9.17, 15) is 4.79 Å². The van der Waals surface area contributed by atoms with E-state index in [4.69, 9.17) is 5.11 Å². The van der Waals surface area contributed by atoms with Crippen molar-refractivity contribution in [2.45, 2.75) is 38.6 Å². The predicted octanol–water partition coefficient (Wildman–Crippen LogP) is 0.770. The SMILES string of the molecule is CC(=O)N1CCCCCC1CO. The maximum Gasteiger partial charge on any atom is 0.219 e. The first-order chi connectivity index (χ1) is 5.75. The Kier molecular flexibility index (Phi) is 3.53. The van der Waals surface area contributed by atoms with E-state index in [0.29, 0.717) is 0 Å². The van der Waals surface area contributed by atoms with Gasteiger partial charge in [0.1, 0.15) is 0 Å². The van der Waals surface area contributed by atoms with Gasteiger partial charge in [0.2, 0.25) is 5.91 Å². The number of nitrogens with zero attached hydrogens (tertiary/aromatic N) is 1. The Bertz CT molecular complexity index is 159. The summed E-state index contributed by atoms with van der Waals surface area (Å²) in [6.45, 7) is 2.51. The van der Waals surface area contributed by atoms with Crippen molar-refractivity contribution in [3.63, 3.8) is 0 Å². The fraction of sp³-hybridized carbons (Fsp3) is 0.889. The zero-order valence-corrected chi connectivity index (χ0v) is 7.62. The number of likely N-dealkylation sites (tertiary alicyclic amines) is 1. The van der Waals surface area contributed by atoms with Crippen LogP contribution in [0.1, 0.15) is 32.6 Å². The monoisotopic (exact) mass is 171 g/mol. The van der Waals surface area contributed by atoms with Crippen LogP contribution in [-0.2, 0) is 4.79 Å². The fourth-order valence-electron chi connectivity index (χ4n) is 1.78. The summed E-state index contributed by atoms with van der Waals surface area (Å²) in [6, 6.07) is 0.0741. The molecule has 1 heterocycles. The molecular weight excluding hydrogens is 154 g/mol. The van der Waals surface area contributed by atoms with Crippen molar-refractivity contribution in [1.82, 2.24) is 4.90 Å². The van der Waals surface area contributed by atoms with Gasteiger partial charge in [-0.2, -0.15) is 0 Å². The van der Waals surface area contributed by atoms with Gasteiger partial charge in [0.05, 0.1) is 12.6 Å². The van der Waals surface area contributed by atoms with Crippen LogP contribution < -0.4 is 0 Å². The summed E-state index contributed by atoms with van der Waals surface area (Å²) >= 11 is 0. The summed E-state index contributed by atoms with van der Waals surface area (Å²) in [5.41, 5.74) is 0. The van der Waals surface area contributed by atoms with Gasteiger partial charge in [-0.3, -0.25) is 4.79 Å². The first-order valence-electron chi connectivity index (χ1n) is 4.63. The maximum absolute atomic E-state index is 11.1. The highest BCUT2D eigenvalue weighted by atomic mass is 16.3. The Labute approximate surface area is 73.4 Å². The van der Waals surface area contributed by atoms with Crippen LogP contribution in [0.2, 0.25) is 0 Å². The number of aliphatic hydroxyl groups excluding tert-OH is 1. The summed E-state index contributed by atoms with van der Waals surface area (Å²) in [5, 5.41) is 9.04. The van der Waals surface area contributed by atoms with Crippen LogP contribution in [-0.4, -0.2) is 35.1 Å². The molecule has 1 unspecified atom stereocenters.